The molecule has 624 valence electrons. The van der Waals surface area contributed by atoms with E-state index < -0.39 is 16.5 Å². The Morgan fingerprint density at radius 2 is 0.679 bits per heavy atom. The second kappa shape index (κ2) is 33.6. The van der Waals surface area contributed by atoms with Gasteiger partial charge in [0.1, 0.15) is 11.6 Å². The molecule has 109 heavy (non-hydrogen) atoms. The van der Waals surface area contributed by atoms with E-state index in [0.717, 1.165) is 141 Å². The molecule has 1 aliphatic heterocycles. The average Bonchev–Trinajstić information content (AvgIpc) is 1.62. The summed E-state index contributed by atoms with van der Waals surface area (Å²) < 4.78 is 55.1. The highest BCUT2D eigenvalue weighted by Gasteiger charge is 2.70. The molecule has 1 heterocycles. The molecule has 0 unspecified atom stereocenters. The fourth-order valence-corrected chi connectivity index (χ4v) is 30.9. The molecule has 16 saturated carbocycles. The van der Waals surface area contributed by atoms with Crippen molar-refractivity contribution in [2.24, 2.45) is 150 Å². The van der Waals surface area contributed by atoms with Gasteiger partial charge < -0.3 is 59.8 Å². The fraction of sp³-hybridized carbons (Fsp3) is 0.955. The summed E-state index contributed by atoms with van der Waals surface area (Å²) in [4.78, 5) is 25.0. The zero-order chi connectivity index (χ0) is 77.8. The number of ether oxygens (including phenoxy) is 4. The molecule has 0 aromatic heterocycles. The van der Waals surface area contributed by atoms with Crippen molar-refractivity contribution in [1.82, 2.24) is 0 Å². The lowest BCUT2D eigenvalue weighted by Gasteiger charge is -2.62. The van der Waals surface area contributed by atoms with Crippen LogP contribution in [-0.2, 0) is 38.9 Å². The van der Waals surface area contributed by atoms with Crippen LogP contribution in [0.2, 0.25) is 0 Å². The van der Waals surface area contributed by atoms with Crippen molar-refractivity contribution < 1.29 is 86.9 Å². The third-order valence-electron chi connectivity index (χ3n) is 35.5. The summed E-state index contributed by atoms with van der Waals surface area (Å²) in [5.41, 5.74) is -0.283. The number of hydrogen-bond donors (Lipinski definition) is 10. The minimum atomic E-state index is -4.67. The lowest BCUT2D eigenvalue weighted by atomic mass is 9.43. The van der Waals surface area contributed by atoms with E-state index >= 15 is 0 Å². The largest absolute Gasteiger partial charge is 0.397 e. The van der Waals surface area contributed by atoms with Crippen LogP contribution in [-0.4, -0.2) is 170 Å². The molecule has 0 radical (unpaired) electrons. The molecule has 10 N–H and O–H groups in total. The molecule has 0 amide bonds. The molecule has 17 rings (SSSR count). The topological polar surface area (TPSA) is 358 Å². The van der Waals surface area contributed by atoms with Crippen LogP contribution in [0.1, 0.15) is 278 Å². The van der Waals surface area contributed by atoms with Gasteiger partial charge in [-0.25, -0.2) is 0 Å². The normalized spacial score (nSPS) is 52.8. The molecule has 0 spiro atoms. The molecule has 0 bridgehead atoms. The summed E-state index contributed by atoms with van der Waals surface area (Å²) in [6, 6.07) is 5.10. The Balaban J connectivity index is 0.000000149. The highest BCUT2D eigenvalue weighted by Crippen LogP contribution is 2.72. The van der Waals surface area contributed by atoms with E-state index in [4.69, 9.17) is 41.6 Å². The Morgan fingerprint density at radius 1 is 0.394 bits per heavy atom. The van der Waals surface area contributed by atoms with Gasteiger partial charge >= 0.3 is 10.4 Å². The highest BCUT2D eigenvalue weighted by molar-refractivity contribution is 7.79. The number of hydrogen-bond acceptors (Lipinski definition) is 18. The van der Waals surface area contributed by atoms with Gasteiger partial charge in [-0.3, -0.25) is 18.7 Å². The standard InChI is InChI=1S/2C22H35NO3.C21H34O4.C19H28O3.C2H6O.2CH4.H2O4S/c2*1-4-26-19-11-22(3)13(9-17(19)24)5-7-15-16-8-6-14(12-23)21(16,2)10-18(25)20(15)22;1-4-25-17-11-20(2)12(9-15(17)22)5-6-13-14-7-8-18(24)21(14,3)10-16(23)19(13)20;1-18-9-15-14(22-15)7-10(18)3-4-11-12-5-6-16(21)19(12,2)8-13(20)17(11)18;1-2-3;;;1-5(2,3)4/h2*13-20,24-25H,4-11H2,1-3H3;12-17,19,22-23H,4-11H2,1-3H3;10-15,17,20H,3-9H2,1-2H3;3H,2H2,1H3;2*1H4;(H2,1,2,3,4)/t13-,14+,15-,16-,17-,18-,19-,20+,21+,22-;13-,14-,15-,16-,17-,18-,19-,20+,21+,22-;12-,13-,14-,15-,16-,17-,19+,20-,21-;10-,11-,12-,13-,14-,15+,17+,18-,19-;;;;/m0000..../s1. The molecule has 38 atom stereocenters. The number of ketones is 2. The molecule has 0 aromatic rings. The zero-order valence-corrected chi connectivity index (χ0v) is 67.8. The molecule has 0 aromatic carbocycles. The Bertz CT molecular complexity index is 3220. The third kappa shape index (κ3) is 15.7. The number of aliphatic hydroxyl groups excluding tert-OH is 8. The Labute approximate surface area is 655 Å². The molecular weight excluding hydrogens is 1410 g/mol. The third-order valence-corrected chi connectivity index (χ3v) is 35.5. The minimum Gasteiger partial charge on any atom is -0.397 e. The number of Topliss-reactive ketones (excluding diaryl/α,β-unsaturated/α-hetero) is 2. The highest BCUT2D eigenvalue weighted by atomic mass is 32.3. The number of epoxide rings is 1. The van der Waals surface area contributed by atoms with Gasteiger partial charge in [0.15, 0.2) is 0 Å². The Kier molecular flexibility index (Phi) is 27.5. The molecule has 20 nitrogen and oxygen atoms in total. The number of aliphatic hydroxyl groups is 8. The van der Waals surface area contributed by atoms with Gasteiger partial charge in [-0.2, -0.15) is 18.9 Å². The van der Waals surface area contributed by atoms with Crippen LogP contribution in [0, 0.1) is 173 Å². The molecule has 17 fully saturated rings. The van der Waals surface area contributed by atoms with Crippen LogP contribution in [0.4, 0.5) is 0 Å². The lowest BCUT2D eigenvalue weighted by Crippen LogP contribution is -2.61. The van der Waals surface area contributed by atoms with Crippen molar-refractivity contribution in [3.05, 3.63) is 0 Å². The smallest absolute Gasteiger partial charge is 0.394 e. The average molecular weight is 1550 g/mol. The lowest BCUT2D eigenvalue weighted by molar-refractivity contribution is -0.201. The first kappa shape index (κ1) is 89.1. The SMILES string of the molecule is C.C.CCO.CCO[C@H]1C[C@@]2(C)[C@@H](CC[C@@H]3[C@@H]2[C@@H](O)C[C@]2(C)C(=O)CC[C@@H]32)C[C@@H]1O.CCO[C@H]1C[C@@]2(C)[C@@H](CC[C@@H]3[C@@H]2[C@@H](O)C[C@]2(C)[C@@H](C#N)CC[C@@H]32)C[C@@H]1O.CCO[C@H]1C[C@@]2(C)[C@@H](CC[C@@H]3[C@@H]2[C@@H](O)C[C@]2(C)[C@H](C#N)CC[C@@H]32)C[C@@H]1O.C[C@]12C[C@H]3O[C@H]3C[C@@H]1CC[C@@H]1[C@@H]2[C@@H](O)C[C@]2(C)C(=O)CC[C@@H]12.O=S(=O)(O)O. The van der Waals surface area contributed by atoms with Crippen LogP contribution in [0.25, 0.3) is 0 Å². The van der Waals surface area contributed by atoms with Crippen LogP contribution >= 0.6 is 0 Å². The van der Waals surface area contributed by atoms with Crippen molar-refractivity contribution in [2.45, 2.75) is 351 Å². The maximum Gasteiger partial charge on any atom is 0.394 e. The van der Waals surface area contributed by atoms with Gasteiger partial charge in [-0.05, 0) is 322 Å². The maximum absolute atomic E-state index is 12.5. The van der Waals surface area contributed by atoms with Gasteiger partial charge in [0, 0.05) is 50.1 Å². The van der Waals surface area contributed by atoms with Gasteiger partial charge in [0.25, 0.3) is 0 Å². The summed E-state index contributed by atoms with van der Waals surface area (Å²) in [5.74, 6) is 8.40. The molecular formula is C88H148N2O18S. The molecule has 1 saturated heterocycles. The predicted octanol–water partition coefficient (Wildman–Crippen LogP) is 13.5. The monoisotopic (exact) mass is 1550 g/mol. The number of fused-ring (bicyclic) bond motifs is 21. The number of nitriles is 2. The minimum absolute atomic E-state index is 0. The van der Waals surface area contributed by atoms with Crippen molar-refractivity contribution in [2.75, 3.05) is 26.4 Å². The Morgan fingerprint density at radius 3 is 0.982 bits per heavy atom. The summed E-state index contributed by atoms with van der Waals surface area (Å²) in [6.07, 6.45) is 25.4. The first-order valence-electron chi connectivity index (χ1n) is 42.8. The van der Waals surface area contributed by atoms with Crippen LogP contribution < -0.4 is 0 Å². The summed E-state index contributed by atoms with van der Waals surface area (Å²) in [7, 11) is -4.67. The quantitative estimate of drug-likeness (QED) is 0.0872. The van der Waals surface area contributed by atoms with E-state index in [1.807, 2.05) is 20.8 Å². The van der Waals surface area contributed by atoms with E-state index in [1.54, 1.807) is 6.92 Å². The van der Waals surface area contributed by atoms with Crippen molar-refractivity contribution >= 4 is 22.0 Å². The van der Waals surface area contributed by atoms with Crippen molar-refractivity contribution in [3.63, 3.8) is 0 Å². The van der Waals surface area contributed by atoms with Gasteiger partial charge in [0.2, 0.25) is 0 Å². The summed E-state index contributed by atoms with van der Waals surface area (Å²) >= 11 is 0. The number of carbonyl (C=O) groups excluding carboxylic acids is 2. The maximum atomic E-state index is 12.5. The molecule has 16 aliphatic carbocycles. The molecule has 21 heteroatoms. The number of nitrogens with zero attached hydrogens (tertiary/aromatic N) is 2. The van der Waals surface area contributed by atoms with Crippen molar-refractivity contribution in [3.8, 4) is 12.1 Å². The second-order valence-corrected chi connectivity index (χ2v) is 41.0. The first-order valence-corrected chi connectivity index (χ1v) is 44.2. The Hall–Kier alpha value is -2.29. The number of carbonyl (C=O) groups is 2. The van der Waals surface area contributed by atoms with E-state index in [1.165, 1.54) is 19.3 Å². The molecule has 17 aliphatic rings. The van der Waals surface area contributed by atoms with Gasteiger partial charge in [-0.1, -0.05) is 70.2 Å². The van der Waals surface area contributed by atoms with E-state index in [9.17, 15) is 55.9 Å². The van der Waals surface area contributed by atoms with E-state index in [0.29, 0.717) is 140 Å². The summed E-state index contributed by atoms with van der Waals surface area (Å²) in [6.45, 7) is 28.0. The van der Waals surface area contributed by atoms with E-state index in [2.05, 4.69) is 67.5 Å². The first-order chi connectivity index (χ1) is 50.3. The van der Waals surface area contributed by atoms with Crippen molar-refractivity contribution in [1.29, 1.82) is 10.5 Å². The van der Waals surface area contributed by atoms with Gasteiger partial charge in [-0.15, -0.1) is 0 Å². The van der Waals surface area contributed by atoms with Gasteiger partial charge in [0.05, 0.1) is 97.2 Å². The van der Waals surface area contributed by atoms with Crippen LogP contribution in [0.3, 0.4) is 0 Å². The second-order valence-electron chi connectivity index (χ2n) is 40.1. The fourth-order valence-electron chi connectivity index (χ4n) is 30.9. The number of rotatable bonds is 6. The van der Waals surface area contributed by atoms with Crippen LogP contribution in [0.15, 0.2) is 0 Å². The van der Waals surface area contributed by atoms with E-state index in [-0.39, 0.29) is 149 Å². The summed E-state index contributed by atoms with van der Waals surface area (Å²) in [5, 5.41) is 103. The zero-order valence-electron chi connectivity index (χ0n) is 67.0. The van der Waals surface area contributed by atoms with Crippen LogP contribution in [0.5, 0.6) is 0 Å². The predicted molar refractivity (Wildman–Crippen MR) is 416 cm³/mol.